The van der Waals surface area contributed by atoms with Crippen molar-refractivity contribution in [2.45, 2.75) is 25.2 Å². The van der Waals surface area contributed by atoms with Crippen molar-refractivity contribution in [2.75, 3.05) is 5.75 Å². The second-order valence-corrected chi connectivity index (χ2v) is 5.70. The van der Waals surface area contributed by atoms with Gasteiger partial charge in [-0.15, -0.1) is 0 Å². The van der Waals surface area contributed by atoms with E-state index in [2.05, 4.69) is 0 Å². The maximum atomic E-state index is 11.7. The van der Waals surface area contributed by atoms with Gasteiger partial charge in [-0.05, 0) is 31.5 Å². The standard InChI is InChI=1S/C11H14O3S/c1-9-4-3-5-11(8-9)15(13,14)7-6-10(2)12/h3-5,8H,6-7H2,1-2H3. The molecule has 0 atom stereocenters. The summed E-state index contributed by atoms with van der Waals surface area (Å²) >= 11 is 0. The number of sulfone groups is 1. The third-order valence-corrected chi connectivity index (χ3v) is 3.79. The van der Waals surface area contributed by atoms with Gasteiger partial charge >= 0.3 is 0 Å². The maximum Gasteiger partial charge on any atom is 0.178 e. The third-order valence-electron chi connectivity index (χ3n) is 2.07. The first-order valence-corrected chi connectivity index (χ1v) is 6.36. The molecule has 0 aromatic heterocycles. The molecule has 1 rings (SSSR count). The maximum absolute atomic E-state index is 11.7. The van der Waals surface area contributed by atoms with Crippen molar-refractivity contribution in [1.29, 1.82) is 0 Å². The molecule has 82 valence electrons. The lowest BCUT2D eigenvalue weighted by atomic mass is 10.2. The van der Waals surface area contributed by atoms with Crippen LogP contribution >= 0.6 is 0 Å². The zero-order chi connectivity index (χ0) is 11.5. The molecule has 0 unspecified atom stereocenters. The highest BCUT2D eigenvalue weighted by Gasteiger charge is 2.14. The smallest absolute Gasteiger partial charge is 0.178 e. The Labute approximate surface area is 90.0 Å². The van der Waals surface area contributed by atoms with Crippen LogP contribution < -0.4 is 0 Å². The van der Waals surface area contributed by atoms with Gasteiger partial charge in [0.15, 0.2) is 9.84 Å². The highest BCUT2D eigenvalue weighted by atomic mass is 32.2. The molecule has 0 aliphatic rings. The van der Waals surface area contributed by atoms with E-state index in [1.165, 1.54) is 6.92 Å². The van der Waals surface area contributed by atoms with E-state index in [0.29, 0.717) is 4.90 Å². The molecule has 0 spiro atoms. The van der Waals surface area contributed by atoms with Crippen molar-refractivity contribution in [3.63, 3.8) is 0 Å². The Morgan fingerprint density at radius 1 is 1.33 bits per heavy atom. The molecule has 0 amide bonds. The highest BCUT2D eigenvalue weighted by Crippen LogP contribution is 2.13. The molecule has 0 bridgehead atoms. The minimum absolute atomic E-state index is 0.0796. The molecule has 3 nitrogen and oxygen atoms in total. The Balaban J connectivity index is 2.91. The fourth-order valence-electron chi connectivity index (χ4n) is 1.20. The minimum Gasteiger partial charge on any atom is -0.300 e. The molecule has 4 heteroatoms. The van der Waals surface area contributed by atoms with Crippen LogP contribution in [-0.2, 0) is 14.6 Å². The van der Waals surface area contributed by atoms with Crippen LogP contribution in [-0.4, -0.2) is 20.0 Å². The quantitative estimate of drug-likeness (QED) is 0.786. The average Bonchev–Trinajstić information content (AvgIpc) is 2.15. The summed E-state index contributed by atoms with van der Waals surface area (Å²) in [6, 6.07) is 6.72. The molecule has 0 fully saturated rings. The van der Waals surface area contributed by atoms with Gasteiger partial charge in [0.1, 0.15) is 5.78 Å². The van der Waals surface area contributed by atoms with E-state index in [0.717, 1.165) is 5.56 Å². The lowest BCUT2D eigenvalue weighted by Gasteiger charge is -2.03. The van der Waals surface area contributed by atoms with E-state index in [1.54, 1.807) is 18.2 Å². The number of hydrogen-bond donors (Lipinski definition) is 0. The third kappa shape index (κ3) is 3.47. The number of benzene rings is 1. The molecule has 0 saturated heterocycles. The van der Waals surface area contributed by atoms with Crippen molar-refractivity contribution in [3.05, 3.63) is 29.8 Å². The number of rotatable bonds is 4. The predicted octanol–water partition coefficient (Wildman–Crippen LogP) is 1.75. The van der Waals surface area contributed by atoms with Crippen molar-refractivity contribution in [1.82, 2.24) is 0 Å². The van der Waals surface area contributed by atoms with Crippen molar-refractivity contribution < 1.29 is 13.2 Å². The second-order valence-electron chi connectivity index (χ2n) is 3.59. The summed E-state index contributed by atoms with van der Waals surface area (Å²) in [5.74, 6) is -0.211. The fraction of sp³-hybridized carbons (Fsp3) is 0.364. The largest absolute Gasteiger partial charge is 0.300 e. The van der Waals surface area contributed by atoms with Crippen LogP contribution in [0.3, 0.4) is 0 Å². The van der Waals surface area contributed by atoms with Crippen molar-refractivity contribution in [2.24, 2.45) is 0 Å². The predicted molar refractivity (Wildman–Crippen MR) is 58.5 cm³/mol. The number of hydrogen-bond acceptors (Lipinski definition) is 3. The molecule has 0 aliphatic carbocycles. The lowest BCUT2D eigenvalue weighted by molar-refractivity contribution is -0.116. The summed E-state index contributed by atoms with van der Waals surface area (Å²) in [4.78, 5) is 11.0. The highest BCUT2D eigenvalue weighted by molar-refractivity contribution is 7.91. The van der Waals surface area contributed by atoms with Gasteiger partial charge in [-0.2, -0.15) is 0 Å². The van der Waals surface area contributed by atoms with Gasteiger partial charge in [0.05, 0.1) is 10.6 Å². The number of Topliss-reactive ketones (excluding diaryl/α,β-unsaturated/α-hetero) is 1. The van der Waals surface area contributed by atoms with Crippen LogP contribution in [0, 0.1) is 6.92 Å². The molecular weight excluding hydrogens is 212 g/mol. The van der Waals surface area contributed by atoms with Gasteiger partial charge in [-0.3, -0.25) is 4.79 Å². The van der Waals surface area contributed by atoms with Gasteiger partial charge in [-0.1, -0.05) is 12.1 Å². The zero-order valence-electron chi connectivity index (χ0n) is 8.86. The van der Waals surface area contributed by atoms with Crippen LogP contribution in [0.25, 0.3) is 0 Å². The molecular formula is C11H14O3S. The van der Waals surface area contributed by atoms with Gasteiger partial charge in [0.25, 0.3) is 0 Å². The Bertz CT molecular complexity index is 460. The van der Waals surface area contributed by atoms with Crippen LogP contribution in [0.2, 0.25) is 0 Å². The molecule has 0 heterocycles. The Morgan fingerprint density at radius 2 is 2.00 bits per heavy atom. The first kappa shape index (κ1) is 11.9. The summed E-state index contributed by atoms with van der Waals surface area (Å²) < 4.78 is 23.5. The number of aryl methyl sites for hydroxylation is 1. The molecule has 1 aromatic carbocycles. The first-order chi connectivity index (χ1) is 6.92. The summed E-state index contributed by atoms with van der Waals surface area (Å²) in [7, 11) is -3.30. The Kier molecular flexibility index (Phi) is 3.63. The topological polar surface area (TPSA) is 51.2 Å². The Morgan fingerprint density at radius 3 is 2.53 bits per heavy atom. The van der Waals surface area contributed by atoms with Gasteiger partial charge < -0.3 is 0 Å². The van der Waals surface area contributed by atoms with Crippen LogP contribution in [0.15, 0.2) is 29.2 Å². The van der Waals surface area contributed by atoms with E-state index in [-0.39, 0.29) is 18.0 Å². The zero-order valence-corrected chi connectivity index (χ0v) is 9.67. The molecule has 0 saturated carbocycles. The number of ketones is 1. The molecule has 0 radical (unpaired) electrons. The summed E-state index contributed by atoms with van der Waals surface area (Å²) in [6.07, 6.45) is 0.0796. The van der Waals surface area contributed by atoms with E-state index < -0.39 is 9.84 Å². The lowest BCUT2D eigenvalue weighted by Crippen LogP contribution is -2.09. The average molecular weight is 226 g/mol. The summed E-state index contributed by atoms with van der Waals surface area (Å²) in [5.41, 5.74) is 0.902. The van der Waals surface area contributed by atoms with E-state index in [1.807, 2.05) is 13.0 Å². The van der Waals surface area contributed by atoms with Crippen LogP contribution in [0.4, 0.5) is 0 Å². The Hall–Kier alpha value is -1.16. The normalized spacial score (nSPS) is 11.3. The summed E-state index contributed by atoms with van der Waals surface area (Å²) in [6.45, 7) is 3.23. The van der Waals surface area contributed by atoms with Crippen LogP contribution in [0.1, 0.15) is 18.9 Å². The molecule has 1 aromatic rings. The number of carbonyl (C=O) groups is 1. The van der Waals surface area contributed by atoms with Gasteiger partial charge in [-0.25, -0.2) is 8.42 Å². The molecule has 0 aliphatic heterocycles. The van der Waals surface area contributed by atoms with Crippen molar-refractivity contribution >= 4 is 15.6 Å². The molecule has 0 N–H and O–H groups in total. The minimum atomic E-state index is -3.30. The first-order valence-electron chi connectivity index (χ1n) is 4.71. The van der Waals surface area contributed by atoms with E-state index in [9.17, 15) is 13.2 Å². The number of carbonyl (C=O) groups excluding carboxylic acids is 1. The van der Waals surface area contributed by atoms with E-state index >= 15 is 0 Å². The van der Waals surface area contributed by atoms with Crippen LogP contribution in [0.5, 0.6) is 0 Å². The molecule has 15 heavy (non-hydrogen) atoms. The fourth-order valence-corrected chi connectivity index (χ4v) is 2.65. The van der Waals surface area contributed by atoms with Gasteiger partial charge in [0, 0.05) is 6.42 Å². The second kappa shape index (κ2) is 4.57. The SMILES string of the molecule is CC(=O)CCS(=O)(=O)c1cccc(C)c1. The van der Waals surface area contributed by atoms with E-state index in [4.69, 9.17) is 0 Å². The monoisotopic (exact) mass is 226 g/mol. The van der Waals surface area contributed by atoms with Crippen molar-refractivity contribution in [3.8, 4) is 0 Å². The van der Waals surface area contributed by atoms with Gasteiger partial charge in [0.2, 0.25) is 0 Å². The summed E-state index contributed by atoms with van der Waals surface area (Å²) in [5, 5.41) is 0.